The molecule has 0 spiro atoms. The third-order valence-corrected chi connectivity index (χ3v) is 5.44. The number of ether oxygens (including phenoxy) is 2. The monoisotopic (exact) mass is 447 g/mol. The smallest absolute Gasteiger partial charge is 0.410 e. The Labute approximate surface area is 191 Å². The zero-order chi connectivity index (χ0) is 23.0. The summed E-state index contributed by atoms with van der Waals surface area (Å²) in [6, 6.07) is 19.0. The number of hydrogen-bond acceptors (Lipinski definition) is 5. The van der Waals surface area contributed by atoms with Crippen LogP contribution in [0.1, 0.15) is 17.5 Å². The summed E-state index contributed by atoms with van der Waals surface area (Å²) in [7, 11) is 0. The van der Waals surface area contributed by atoms with E-state index in [4.69, 9.17) is 14.6 Å². The fourth-order valence-corrected chi connectivity index (χ4v) is 3.54. The van der Waals surface area contributed by atoms with Crippen molar-refractivity contribution in [2.24, 2.45) is 0 Å². The number of carboxylic acid groups (broad SMARTS) is 1. The number of benzene rings is 2. The Bertz CT molecular complexity index is 1110. The van der Waals surface area contributed by atoms with Gasteiger partial charge in [-0.25, -0.2) is 9.59 Å². The Balaban J connectivity index is 1.31. The molecule has 170 valence electrons. The summed E-state index contributed by atoms with van der Waals surface area (Å²) in [6.45, 7) is 1.48. The third-order valence-electron chi connectivity index (χ3n) is 5.44. The quantitative estimate of drug-likeness (QED) is 0.534. The van der Waals surface area contributed by atoms with E-state index in [2.05, 4.69) is 10.3 Å². The average Bonchev–Trinajstić information content (AvgIpc) is 2.82. The molecule has 2 heterocycles. The molecule has 2 amide bonds. The molecule has 8 nitrogen and oxygen atoms in total. The zero-order valence-electron chi connectivity index (χ0n) is 18.0. The molecular formula is C25H25N3O5. The molecule has 1 saturated heterocycles. The molecule has 0 radical (unpaired) electrons. The molecule has 4 rings (SSSR count). The number of nitrogens with one attached hydrogen (secondary N) is 1. The van der Waals surface area contributed by atoms with E-state index in [9.17, 15) is 9.59 Å². The van der Waals surface area contributed by atoms with Gasteiger partial charge in [-0.1, -0.05) is 48.5 Å². The van der Waals surface area contributed by atoms with Crippen LogP contribution in [0.2, 0.25) is 0 Å². The van der Waals surface area contributed by atoms with E-state index < -0.39 is 6.09 Å². The lowest BCUT2D eigenvalue weighted by atomic mass is 10.0. The summed E-state index contributed by atoms with van der Waals surface area (Å²) in [5.41, 5.74) is 3.56. The van der Waals surface area contributed by atoms with E-state index in [0.717, 1.165) is 28.7 Å². The van der Waals surface area contributed by atoms with Crippen LogP contribution < -0.4 is 10.1 Å². The summed E-state index contributed by atoms with van der Waals surface area (Å²) in [5, 5.41) is 11.2. The second-order valence-electron chi connectivity index (χ2n) is 7.76. The highest BCUT2D eigenvalue weighted by atomic mass is 16.6. The molecule has 33 heavy (non-hydrogen) atoms. The molecule has 0 unspecified atom stereocenters. The molecule has 1 aromatic heterocycles. The topological polar surface area (TPSA) is 101 Å². The number of amides is 2. The van der Waals surface area contributed by atoms with Crippen molar-refractivity contribution in [3.63, 3.8) is 0 Å². The first-order valence-corrected chi connectivity index (χ1v) is 10.7. The van der Waals surface area contributed by atoms with Crippen molar-refractivity contribution in [2.45, 2.75) is 25.6 Å². The second kappa shape index (κ2) is 10.5. The van der Waals surface area contributed by atoms with Gasteiger partial charge in [0.2, 0.25) is 0 Å². The maximum absolute atomic E-state index is 12.4. The number of carbonyl (C=O) groups is 2. The lowest BCUT2D eigenvalue weighted by Gasteiger charge is -2.39. The maximum Gasteiger partial charge on any atom is 0.410 e. The van der Waals surface area contributed by atoms with Crippen LogP contribution in [0.25, 0.3) is 11.1 Å². The van der Waals surface area contributed by atoms with Gasteiger partial charge in [0, 0.05) is 24.8 Å². The summed E-state index contributed by atoms with van der Waals surface area (Å²) in [4.78, 5) is 29.0. The molecule has 1 fully saturated rings. The minimum atomic E-state index is -1.06. The van der Waals surface area contributed by atoms with Crippen LogP contribution in [0.4, 0.5) is 9.59 Å². The van der Waals surface area contributed by atoms with E-state index in [1.165, 1.54) is 0 Å². The highest BCUT2D eigenvalue weighted by Gasteiger charge is 2.34. The number of rotatable bonds is 8. The van der Waals surface area contributed by atoms with Crippen molar-refractivity contribution in [1.29, 1.82) is 0 Å². The fourth-order valence-electron chi connectivity index (χ4n) is 3.54. The Morgan fingerprint density at radius 3 is 2.61 bits per heavy atom. The molecule has 0 saturated carbocycles. The van der Waals surface area contributed by atoms with Gasteiger partial charge in [-0.05, 0) is 35.2 Å². The Morgan fingerprint density at radius 1 is 1.03 bits per heavy atom. The molecule has 2 N–H and O–H groups in total. The van der Waals surface area contributed by atoms with Gasteiger partial charge < -0.3 is 24.8 Å². The van der Waals surface area contributed by atoms with E-state index in [0.29, 0.717) is 18.9 Å². The van der Waals surface area contributed by atoms with Crippen molar-refractivity contribution < 1.29 is 24.2 Å². The number of likely N-dealkylation sites (tertiary alicyclic amines) is 1. The van der Waals surface area contributed by atoms with Gasteiger partial charge in [0.1, 0.15) is 19.0 Å². The van der Waals surface area contributed by atoms with Gasteiger partial charge in [0.05, 0.1) is 12.2 Å². The van der Waals surface area contributed by atoms with Crippen LogP contribution >= 0.6 is 0 Å². The van der Waals surface area contributed by atoms with E-state index >= 15 is 0 Å². The summed E-state index contributed by atoms with van der Waals surface area (Å²) >= 11 is 0. The lowest BCUT2D eigenvalue weighted by molar-refractivity contribution is 0.0259. The molecule has 0 aliphatic carbocycles. The summed E-state index contributed by atoms with van der Waals surface area (Å²) < 4.78 is 11.3. The first kappa shape index (κ1) is 22.1. The summed E-state index contributed by atoms with van der Waals surface area (Å²) in [5.74, 6) is 0.603. The number of nitrogens with zero attached hydrogens (tertiary/aromatic N) is 2. The Hall–Kier alpha value is -4.07. The molecule has 8 heteroatoms. The van der Waals surface area contributed by atoms with Crippen LogP contribution in [0, 0.1) is 0 Å². The molecule has 0 bridgehead atoms. The molecule has 1 aliphatic rings. The van der Waals surface area contributed by atoms with Gasteiger partial charge in [-0.3, -0.25) is 4.98 Å². The van der Waals surface area contributed by atoms with E-state index in [-0.39, 0.29) is 25.3 Å². The lowest BCUT2D eigenvalue weighted by Crippen LogP contribution is -2.54. The first-order valence-electron chi connectivity index (χ1n) is 10.7. The predicted molar refractivity (Wildman–Crippen MR) is 122 cm³/mol. The molecule has 1 aliphatic heterocycles. The average molecular weight is 447 g/mol. The van der Waals surface area contributed by atoms with Crippen LogP contribution in [-0.4, -0.2) is 46.4 Å². The van der Waals surface area contributed by atoms with Crippen molar-refractivity contribution in [3.05, 3.63) is 84.2 Å². The highest BCUT2D eigenvalue weighted by Crippen LogP contribution is 2.25. The van der Waals surface area contributed by atoms with Crippen molar-refractivity contribution >= 4 is 12.2 Å². The largest absolute Gasteiger partial charge is 0.490 e. The maximum atomic E-state index is 12.4. The normalized spacial score (nSPS) is 14.8. The Kier molecular flexibility index (Phi) is 7.04. The highest BCUT2D eigenvalue weighted by molar-refractivity contribution is 5.69. The molecule has 1 atom stereocenters. The van der Waals surface area contributed by atoms with Crippen LogP contribution in [0.5, 0.6) is 5.75 Å². The van der Waals surface area contributed by atoms with Crippen molar-refractivity contribution in [1.82, 2.24) is 15.2 Å². The van der Waals surface area contributed by atoms with E-state index in [1.807, 2.05) is 60.7 Å². The van der Waals surface area contributed by atoms with Gasteiger partial charge in [-0.15, -0.1) is 0 Å². The number of hydrogen-bond donors (Lipinski definition) is 2. The third kappa shape index (κ3) is 6.00. The van der Waals surface area contributed by atoms with Crippen LogP contribution in [0.3, 0.4) is 0 Å². The minimum absolute atomic E-state index is 0.0395. The minimum Gasteiger partial charge on any atom is -0.490 e. The number of carbonyl (C=O) groups excluding carboxylic acids is 1. The number of aromatic nitrogens is 1. The molecule has 2 aromatic carbocycles. The predicted octanol–water partition coefficient (Wildman–Crippen LogP) is 4.31. The zero-order valence-corrected chi connectivity index (χ0v) is 18.0. The van der Waals surface area contributed by atoms with E-state index in [1.54, 1.807) is 17.3 Å². The first-order chi connectivity index (χ1) is 16.1. The van der Waals surface area contributed by atoms with Gasteiger partial charge in [-0.2, -0.15) is 0 Å². The molecule has 3 aromatic rings. The Morgan fingerprint density at radius 2 is 1.85 bits per heavy atom. The van der Waals surface area contributed by atoms with Gasteiger partial charge in [0.15, 0.2) is 0 Å². The van der Waals surface area contributed by atoms with Gasteiger partial charge in [0.25, 0.3) is 0 Å². The number of pyridine rings is 1. The summed E-state index contributed by atoms with van der Waals surface area (Å²) in [6.07, 6.45) is 2.82. The fraction of sp³-hybridized carbons (Fsp3) is 0.240. The van der Waals surface area contributed by atoms with Crippen LogP contribution in [0.15, 0.2) is 73.1 Å². The van der Waals surface area contributed by atoms with Crippen molar-refractivity contribution in [2.75, 3.05) is 13.2 Å². The van der Waals surface area contributed by atoms with Crippen molar-refractivity contribution in [3.8, 4) is 16.9 Å². The van der Waals surface area contributed by atoms with Crippen LogP contribution in [-0.2, 0) is 17.9 Å². The molecular weight excluding hydrogens is 422 g/mol. The second-order valence-corrected chi connectivity index (χ2v) is 7.76. The SMILES string of the molecule is O=C(O)NCc1cccc(-c2cncc(OC[C@@H]3CCN3C(=O)OCc3ccccc3)c2)c1. The van der Waals surface area contributed by atoms with Gasteiger partial charge >= 0.3 is 12.2 Å². The standard InChI is InChI=1S/C25H25N3O5/c29-24(30)27-13-19-7-4-8-20(11-19)21-12-23(15-26-14-21)32-17-22-9-10-28(22)25(31)33-16-18-5-2-1-3-6-18/h1-8,11-12,14-15,22,27H,9-10,13,16-17H2,(H,29,30)/t22-/m0/s1.